The number of nitrogens with zero attached hydrogens (tertiary/aromatic N) is 3. The Balaban J connectivity index is 2.39. The molecule has 0 aliphatic carbocycles. The zero-order valence-corrected chi connectivity index (χ0v) is 11.0. The maximum atomic E-state index is 5.48. The van der Waals surface area contributed by atoms with Crippen LogP contribution >= 0.6 is 12.2 Å². The number of likely N-dealkylation sites (N-methyl/N-ethyl adjacent to an activating group) is 1. The van der Waals surface area contributed by atoms with Gasteiger partial charge in [-0.05, 0) is 13.1 Å². The Hall–Kier alpha value is -1.27. The molecule has 2 N–H and O–H groups in total. The number of aromatic nitrogens is 2. The van der Waals surface area contributed by atoms with Gasteiger partial charge in [-0.3, -0.25) is 0 Å². The monoisotopic (exact) mass is 254 g/mol. The highest BCUT2D eigenvalue weighted by molar-refractivity contribution is 7.80. The van der Waals surface area contributed by atoms with Crippen molar-refractivity contribution in [1.82, 2.24) is 14.9 Å². The van der Waals surface area contributed by atoms with Crippen molar-refractivity contribution in [2.24, 2.45) is 5.73 Å². The van der Waals surface area contributed by atoms with Gasteiger partial charge in [0, 0.05) is 6.54 Å². The SMILES string of the molecule is CCN(CC)CCOc1cnc(C(N)=S)cn1. The van der Waals surface area contributed by atoms with Crippen LogP contribution in [0.4, 0.5) is 0 Å². The van der Waals surface area contributed by atoms with E-state index in [0.717, 1.165) is 19.6 Å². The average molecular weight is 254 g/mol. The first kappa shape index (κ1) is 13.8. The fourth-order valence-corrected chi connectivity index (χ4v) is 1.44. The molecule has 0 aliphatic heterocycles. The molecule has 6 heteroatoms. The third-order valence-corrected chi connectivity index (χ3v) is 2.64. The van der Waals surface area contributed by atoms with Crippen LogP contribution in [0.25, 0.3) is 0 Å². The second kappa shape index (κ2) is 7.13. The van der Waals surface area contributed by atoms with E-state index in [0.29, 0.717) is 18.2 Å². The first-order chi connectivity index (χ1) is 8.17. The summed E-state index contributed by atoms with van der Waals surface area (Å²) in [5, 5.41) is 0. The molecule has 94 valence electrons. The largest absolute Gasteiger partial charge is 0.475 e. The summed E-state index contributed by atoms with van der Waals surface area (Å²) in [6.45, 7) is 7.77. The minimum atomic E-state index is 0.243. The Morgan fingerprint density at radius 2 is 2.06 bits per heavy atom. The van der Waals surface area contributed by atoms with Gasteiger partial charge in [-0.25, -0.2) is 9.97 Å². The standard InChI is InChI=1S/C11H18N4OS/c1-3-15(4-2)5-6-16-10-8-13-9(7-14-10)11(12)17/h7-8H,3-6H2,1-2H3,(H2,12,17). The van der Waals surface area contributed by atoms with E-state index in [1.165, 1.54) is 12.4 Å². The molecule has 0 unspecified atom stereocenters. The van der Waals surface area contributed by atoms with Crippen molar-refractivity contribution in [3.8, 4) is 5.88 Å². The van der Waals surface area contributed by atoms with E-state index in [-0.39, 0.29) is 4.99 Å². The molecule has 1 heterocycles. The molecule has 0 saturated carbocycles. The lowest BCUT2D eigenvalue weighted by Gasteiger charge is -2.17. The number of thiocarbonyl (C=S) groups is 1. The van der Waals surface area contributed by atoms with E-state index in [1.807, 2.05) is 0 Å². The number of hydrogen-bond donors (Lipinski definition) is 1. The third-order valence-electron chi connectivity index (χ3n) is 2.43. The minimum Gasteiger partial charge on any atom is -0.475 e. The molecule has 0 aromatic carbocycles. The lowest BCUT2D eigenvalue weighted by atomic mass is 10.4. The van der Waals surface area contributed by atoms with Crippen molar-refractivity contribution in [2.75, 3.05) is 26.2 Å². The Kier molecular flexibility index (Phi) is 5.79. The first-order valence-corrected chi connectivity index (χ1v) is 6.05. The van der Waals surface area contributed by atoms with Crippen LogP contribution in [0.2, 0.25) is 0 Å². The van der Waals surface area contributed by atoms with Gasteiger partial charge in [0.1, 0.15) is 17.3 Å². The van der Waals surface area contributed by atoms with Crippen molar-refractivity contribution < 1.29 is 4.74 Å². The van der Waals surface area contributed by atoms with Gasteiger partial charge in [0.15, 0.2) is 0 Å². The van der Waals surface area contributed by atoms with Gasteiger partial charge in [-0.15, -0.1) is 0 Å². The molecule has 1 aromatic heterocycles. The Morgan fingerprint density at radius 3 is 2.53 bits per heavy atom. The molecule has 0 amide bonds. The Bertz CT molecular complexity index is 351. The van der Waals surface area contributed by atoms with Crippen LogP contribution < -0.4 is 10.5 Å². The van der Waals surface area contributed by atoms with Crippen molar-refractivity contribution in [1.29, 1.82) is 0 Å². The molecule has 0 saturated heterocycles. The smallest absolute Gasteiger partial charge is 0.232 e. The van der Waals surface area contributed by atoms with Gasteiger partial charge in [0.25, 0.3) is 0 Å². The summed E-state index contributed by atoms with van der Waals surface area (Å²) >= 11 is 4.79. The molecule has 0 bridgehead atoms. The second-order valence-electron chi connectivity index (χ2n) is 3.48. The number of hydrogen-bond acceptors (Lipinski definition) is 5. The van der Waals surface area contributed by atoms with E-state index in [4.69, 9.17) is 22.7 Å². The van der Waals surface area contributed by atoms with Crippen LogP contribution in [-0.2, 0) is 0 Å². The number of ether oxygens (including phenoxy) is 1. The molecule has 0 atom stereocenters. The molecule has 1 rings (SSSR count). The topological polar surface area (TPSA) is 64.3 Å². The molecular weight excluding hydrogens is 236 g/mol. The fraction of sp³-hybridized carbons (Fsp3) is 0.545. The predicted octanol–water partition coefficient (Wildman–Crippen LogP) is 0.831. The molecule has 5 nitrogen and oxygen atoms in total. The Labute approximate surface area is 107 Å². The minimum absolute atomic E-state index is 0.243. The highest BCUT2D eigenvalue weighted by Crippen LogP contribution is 2.04. The van der Waals surface area contributed by atoms with Crippen LogP contribution in [0, 0.1) is 0 Å². The zero-order valence-electron chi connectivity index (χ0n) is 10.2. The van der Waals surface area contributed by atoms with Crippen LogP contribution in [0.5, 0.6) is 5.88 Å². The summed E-state index contributed by atoms with van der Waals surface area (Å²) in [7, 11) is 0. The van der Waals surface area contributed by atoms with Gasteiger partial charge >= 0.3 is 0 Å². The second-order valence-corrected chi connectivity index (χ2v) is 3.92. The predicted molar refractivity (Wildman–Crippen MR) is 71.2 cm³/mol. The summed E-state index contributed by atoms with van der Waals surface area (Å²) in [5.41, 5.74) is 5.93. The highest BCUT2D eigenvalue weighted by Gasteiger charge is 2.02. The van der Waals surface area contributed by atoms with E-state index in [9.17, 15) is 0 Å². The molecule has 1 aromatic rings. The lowest BCUT2D eigenvalue weighted by molar-refractivity contribution is 0.217. The zero-order chi connectivity index (χ0) is 12.7. The lowest BCUT2D eigenvalue weighted by Crippen LogP contribution is -2.28. The van der Waals surface area contributed by atoms with Gasteiger partial charge in [0.05, 0.1) is 12.4 Å². The molecule has 0 spiro atoms. The maximum Gasteiger partial charge on any atom is 0.232 e. The quantitative estimate of drug-likeness (QED) is 0.727. The first-order valence-electron chi connectivity index (χ1n) is 5.64. The van der Waals surface area contributed by atoms with Crippen molar-refractivity contribution in [3.63, 3.8) is 0 Å². The third kappa shape index (κ3) is 4.62. The van der Waals surface area contributed by atoms with Crippen LogP contribution in [0.15, 0.2) is 12.4 Å². The summed E-state index contributed by atoms with van der Waals surface area (Å²) < 4.78 is 5.48. The maximum absolute atomic E-state index is 5.48. The molecule has 0 radical (unpaired) electrons. The average Bonchev–Trinajstić information content (AvgIpc) is 2.35. The normalized spacial score (nSPS) is 10.5. The molecule has 0 aliphatic rings. The van der Waals surface area contributed by atoms with E-state index >= 15 is 0 Å². The van der Waals surface area contributed by atoms with Gasteiger partial charge < -0.3 is 15.4 Å². The summed E-state index contributed by atoms with van der Waals surface area (Å²) in [6.07, 6.45) is 3.06. The van der Waals surface area contributed by atoms with Crippen molar-refractivity contribution >= 4 is 17.2 Å². The molecule has 0 fully saturated rings. The molecule has 17 heavy (non-hydrogen) atoms. The summed E-state index contributed by atoms with van der Waals surface area (Å²) in [6, 6.07) is 0. The fourth-order valence-electron chi connectivity index (χ4n) is 1.34. The van der Waals surface area contributed by atoms with Crippen LogP contribution in [0.3, 0.4) is 0 Å². The van der Waals surface area contributed by atoms with E-state index < -0.39 is 0 Å². The Morgan fingerprint density at radius 1 is 1.35 bits per heavy atom. The van der Waals surface area contributed by atoms with Crippen LogP contribution in [-0.4, -0.2) is 46.1 Å². The summed E-state index contributed by atoms with van der Waals surface area (Å²) in [5.74, 6) is 0.497. The molecular formula is C11H18N4OS. The van der Waals surface area contributed by atoms with Gasteiger partial charge in [0.2, 0.25) is 5.88 Å². The van der Waals surface area contributed by atoms with Gasteiger partial charge in [-0.2, -0.15) is 0 Å². The van der Waals surface area contributed by atoms with Crippen molar-refractivity contribution in [2.45, 2.75) is 13.8 Å². The highest BCUT2D eigenvalue weighted by atomic mass is 32.1. The van der Waals surface area contributed by atoms with E-state index in [2.05, 4.69) is 28.7 Å². The number of rotatable bonds is 7. The van der Waals surface area contributed by atoms with Crippen molar-refractivity contribution in [3.05, 3.63) is 18.1 Å². The van der Waals surface area contributed by atoms with Crippen LogP contribution in [0.1, 0.15) is 19.5 Å². The number of nitrogens with two attached hydrogens (primary N) is 1. The summed E-state index contributed by atoms with van der Waals surface area (Å²) in [4.78, 5) is 10.6. The van der Waals surface area contributed by atoms with E-state index in [1.54, 1.807) is 0 Å². The van der Waals surface area contributed by atoms with Gasteiger partial charge in [-0.1, -0.05) is 26.1 Å².